The lowest BCUT2D eigenvalue weighted by Gasteiger charge is -2.24. The Labute approximate surface area is 128 Å². The van der Waals surface area contributed by atoms with Gasteiger partial charge in [0.25, 0.3) is 0 Å². The molecule has 110 valence electrons. The number of nitrogens with one attached hydrogen (secondary N) is 1. The van der Waals surface area contributed by atoms with Gasteiger partial charge in [0.2, 0.25) is 5.91 Å². The molecule has 1 aromatic rings. The summed E-state index contributed by atoms with van der Waals surface area (Å²) in [6.07, 6.45) is 2.63. The summed E-state index contributed by atoms with van der Waals surface area (Å²) in [5, 5.41) is 3.15. The number of carbonyl (C=O) groups is 1. The Bertz CT molecular complexity index is 453. The zero-order valence-corrected chi connectivity index (χ0v) is 13.4. The first-order valence-electron chi connectivity index (χ1n) is 7.03. The van der Waals surface area contributed by atoms with Crippen LogP contribution in [0.15, 0.2) is 28.7 Å². The maximum absolute atomic E-state index is 12.2. The first kappa shape index (κ1) is 15.3. The quantitative estimate of drug-likeness (QED) is 0.864. The molecule has 1 aliphatic heterocycles. The summed E-state index contributed by atoms with van der Waals surface area (Å²) in [5.41, 5.74) is 0. The average molecular weight is 341 g/mol. The molecule has 0 spiro atoms. The highest BCUT2D eigenvalue weighted by molar-refractivity contribution is 9.10. The van der Waals surface area contributed by atoms with Crippen molar-refractivity contribution >= 4 is 21.8 Å². The van der Waals surface area contributed by atoms with E-state index in [4.69, 9.17) is 4.74 Å². The number of benzene rings is 1. The molecule has 1 heterocycles. The molecule has 1 atom stereocenters. The van der Waals surface area contributed by atoms with Crippen LogP contribution < -0.4 is 10.1 Å². The molecule has 1 aliphatic rings. The fourth-order valence-electron chi connectivity index (χ4n) is 2.57. The normalized spacial score (nSPS) is 18.3. The first-order valence-corrected chi connectivity index (χ1v) is 7.83. The summed E-state index contributed by atoms with van der Waals surface area (Å²) in [5.74, 6) is 0.975. The molecule has 1 fully saturated rings. The van der Waals surface area contributed by atoms with E-state index in [9.17, 15) is 4.79 Å². The molecule has 1 amide bonds. The van der Waals surface area contributed by atoms with Crippen LogP contribution in [0.25, 0.3) is 0 Å². The Morgan fingerprint density at radius 3 is 3.05 bits per heavy atom. The third-order valence-corrected chi connectivity index (χ3v) is 4.20. The van der Waals surface area contributed by atoms with E-state index >= 15 is 0 Å². The van der Waals surface area contributed by atoms with Crippen molar-refractivity contribution in [3.05, 3.63) is 28.7 Å². The zero-order valence-electron chi connectivity index (χ0n) is 11.8. The number of hydrogen-bond acceptors (Lipinski definition) is 3. The number of likely N-dealkylation sites (tertiary alicyclic amines) is 1. The smallest absolute Gasteiger partial charge is 0.226 e. The second kappa shape index (κ2) is 7.64. The summed E-state index contributed by atoms with van der Waals surface area (Å²) < 4.78 is 6.57. The second-order valence-electron chi connectivity index (χ2n) is 4.97. The number of nitrogens with zero attached hydrogens (tertiary/aromatic N) is 1. The highest BCUT2D eigenvalue weighted by atomic mass is 79.9. The fraction of sp³-hybridized carbons (Fsp3) is 0.533. The molecule has 1 N–H and O–H groups in total. The van der Waals surface area contributed by atoms with E-state index in [-0.39, 0.29) is 5.91 Å². The van der Waals surface area contributed by atoms with Crippen LogP contribution in [-0.4, -0.2) is 43.6 Å². The minimum atomic E-state index is 0.190. The number of carbonyl (C=O) groups excluding carboxylic acids is 1. The molecule has 1 aromatic carbocycles. The summed E-state index contributed by atoms with van der Waals surface area (Å²) in [6, 6.07) is 8.03. The predicted molar refractivity (Wildman–Crippen MR) is 82.9 cm³/mol. The Kier molecular flexibility index (Phi) is 5.86. The lowest BCUT2D eigenvalue weighted by atomic mass is 10.2. The molecule has 0 bridgehead atoms. The van der Waals surface area contributed by atoms with Crippen molar-refractivity contribution in [2.75, 3.05) is 26.7 Å². The molecule has 1 unspecified atom stereocenters. The molecule has 0 saturated carbocycles. The van der Waals surface area contributed by atoms with Gasteiger partial charge >= 0.3 is 0 Å². The lowest BCUT2D eigenvalue weighted by Crippen LogP contribution is -2.41. The molecule has 20 heavy (non-hydrogen) atoms. The van der Waals surface area contributed by atoms with E-state index < -0.39 is 0 Å². The number of ether oxygens (including phenoxy) is 1. The molecule has 0 aromatic heterocycles. The van der Waals surface area contributed by atoms with Crippen molar-refractivity contribution in [1.82, 2.24) is 10.2 Å². The average Bonchev–Trinajstić information content (AvgIpc) is 2.89. The lowest BCUT2D eigenvalue weighted by molar-refractivity contribution is -0.132. The third kappa shape index (κ3) is 3.96. The van der Waals surface area contributed by atoms with Crippen LogP contribution in [0.4, 0.5) is 0 Å². The maximum Gasteiger partial charge on any atom is 0.226 e. The summed E-state index contributed by atoms with van der Waals surface area (Å²) >= 11 is 3.43. The van der Waals surface area contributed by atoms with Crippen molar-refractivity contribution < 1.29 is 9.53 Å². The van der Waals surface area contributed by atoms with Crippen molar-refractivity contribution in [3.8, 4) is 5.75 Å². The van der Waals surface area contributed by atoms with Gasteiger partial charge in [-0.25, -0.2) is 0 Å². The highest BCUT2D eigenvalue weighted by Crippen LogP contribution is 2.24. The van der Waals surface area contributed by atoms with Crippen LogP contribution in [0.3, 0.4) is 0 Å². The predicted octanol–water partition coefficient (Wildman–Crippen LogP) is 2.43. The summed E-state index contributed by atoms with van der Waals surface area (Å²) in [7, 11) is 1.93. The molecule has 4 nitrogen and oxygen atoms in total. The Balaban J connectivity index is 1.79. The number of amides is 1. The minimum Gasteiger partial charge on any atom is -0.492 e. The second-order valence-corrected chi connectivity index (χ2v) is 5.82. The van der Waals surface area contributed by atoms with Gasteiger partial charge in [-0.15, -0.1) is 0 Å². The number of likely N-dealkylation sites (N-methyl/N-ethyl adjacent to an activating group) is 1. The van der Waals surface area contributed by atoms with Gasteiger partial charge in [-0.05, 0) is 48.0 Å². The monoisotopic (exact) mass is 340 g/mol. The van der Waals surface area contributed by atoms with Crippen LogP contribution in [-0.2, 0) is 4.79 Å². The molecular weight excluding hydrogens is 320 g/mol. The fourth-order valence-corrected chi connectivity index (χ4v) is 2.96. The molecule has 0 radical (unpaired) electrons. The molecule has 1 saturated heterocycles. The maximum atomic E-state index is 12.2. The van der Waals surface area contributed by atoms with Gasteiger partial charge in [0.05, 0.1) is 17.5 Å². The van der Waals surface area contributed by atoms with E-state index in [1.807, 2.05) is 36.2 Å². The molecule has 5 heteroatoms. The van der Waals surface area contributed by atoms with Crippen molar-refractivity contribution in [2.45, 2.75) is 25.3 Å². The van der Waals surface area contributed by atoms with Crippen LogP contribution in [0.2, 0.25) is 0 Å². The largest absolute Gasteiger partial charge is 0.492 e. The Morgan fingerprint density at radius 2 is 2.30 bits per heavy atom. The van der Waals surface area contributed by atoms with E-state index in [1.165, 1.54) is 0 Å². The van der Waals surface area contributed by atoms with Crippen LogP contribution in [0.5, 0.6) is 5.75 Å². The van der Waals surface area contributed by atoms with Crippen LogP contribution in [0, 0.1) is 0 Å². The van der Waals surface area contributed by atoms with Crippen LogP contribution >= 0.6 is 15.9 Å². The van der Waals surface area contributed by atoms with Gasteiger partial charge in [0.15, 0.2) is 0 Å². The molecular formula is C15H21BrN2O2. The van der Waals surface area contributed by atoms with Gasteiger partial charge in [0, 0.05) is 19.1 Å². The number of rotatable bonds is 6. The number of hydrogen-bond donors (Lipinski definition) is 1. The highest BCUT2D eigenvalue weighted by Gasteiger charge is 2.27. The van der Waals surface area contributed by atoms with Crippen molar-refractivity contribution in [3.63, 3.8) is 0 Å². The van der Waals surface area contributed by atoms with Gasteiger partial charge in [-0.3, -0.25) is 4.79 Å². The minimum absolute atomic E-state index is 0.190. The van der Waals surface area contributed by atoms with Crippen LogP contribution in [0.1, 0.15) is 19.3 Å². The first-order chi connectivity index (χ1) is 9.72. The number of para-hydroxylation sites is 1. The molecule has 2 rings (SSSR count). The molecule has 0 aliphatic carbocycles. The van der Waals surface area contributed by atoms with Gasteiger partial charge in [-0.2, -0.15) is 0 Å². The summed E-state index contributed by atoms with van der Waals surface area (Å²) in [6.45, 7) is 2.17. The number of halogens is 1. The van der Waals surface area contributed by atoms with Crippen molar-refractivity contribution in [2.24, 2.45) is 0 Å². The summed E-state index contributed by atoms with van der Waals surface area (Å²) in [4.78, 5) is 14.2. The van der Waals surface area contributed by atoms with E-state index in [1.54, 1.807) is 0 Å². The topological polar surface area (TPSA) is 41.6 Å². The van der Waals surface area contributed by atoms with Gasteiger partial charge in [0.1, 0.15) is 5.75 Å². The van der Waals surface area contributed by atoms with E-state index in [0.29, 0.717) is 19.1 Å². The SMILES string of the molecule is CNCC1CCCN1C(=O)CCOc1ccccc1Br. The zero-order chi connectivity index (χ0) is 14.4. The van der Waals surface area contributed by atoms with Gasteiger partial charge < -0.3 is 15.0 Å². The Hall–Kier alpha value is -1.07. The third-order valence-electron chi connectivity index (χ3n) is 3.55. The van der Waals surface area contributed by atoms with E-state index in [2.05, 4.69) is 21.2 Å². The van der Waals surface area contributed by atoms with Gasteiger partial charge in [-0.1, -0.05) is 12.1 Å². The van der Waals surface area contributed by atoms with Crippen molar-refractivity contribution in [1.29, 1.82) is 0 Å². The Morgan fingerprint density at radius 1 is 1.50 bits per heavy atom. The standard InChI is InChI=1S/C15H21BrN2O2/c1-17-11-12-5-4-9-18(12)15(19)8-10-20-14-7-3-2-6-13(14)16/h2-3,6-7,12,17H,4-5,8-11H2,1H3. The van der Waals surface area contributed by atoms with E-state index in [0.717, 1.165) is 36.2 Å².